The van der Waals surface area contributed by atoms with Gasteiger partial charge < -0.3 is 14.8 Å². The van der Waals surface area contributed by atoms with Crippen LogP contribution in [0.5, 0.6) is 11.5 Å². The van der Waals surface area contributed by atoms with Gasteiger partial charge >= 0.3 is 0 Å². The van der Waals surface area contributed by atoms with Crippen LogP contribution in [0.25, 0.3) is 0 Å². The number of nitrogens with one attached hydrogen (secondary N) is 1. The Morgan fingerprint density at radius 3 is 2.50 bits per heavy atom. The van der Waals surface area contributed by atoms with Gasteiger partial charge in [0.1, 0.15) is 0 Å². The summed E-state index contributed by atoms with van der Waals surface area (Å²) < 4.78 is 11.1. The van der Waals surface area contributed by atoms with E-state index in [1.807, 2.05) is 19.1 Å². The Morgan fingerprint density at radius 2 is 1.95 bits per heavy atom. The van der Waals surface area contributed by atoms with E-state index in [4.69, 9.17) is 9.47 Å². The van der Waals surface area contributed by atoms with E-state index in [-0.39, 0.29) is 5.41 Å². The van der Waals surface area contributed by atoms with E-state index in [1.54, 1.807) is 7.11 Å². The Kier molecular flexibility index (Phi) is 6.34. The maximum atomic E-state index is 5.60. The van der Waals surface area contributed by atoms with Crippen molar-refractivity contribution in [3.05, 3.63) is 23.8 Å². The molecule has 0 bridgehead atoms. The van der Waals surface area contributed by atoms with Gasteiger partial charge in [-0.25, -0.2) is 0 Å². The lowest BCUT2D eigenvalue weighted by molar-refractivity contribution is 0.237. The maximum absolute atomic E-state index is 5.60. The van der Waals surface area contributed by atoms with E-state index in [1.165, 1.54) is 0 Å². The van der Waals surface area contributed by atoms with E-state index in [0.29, 0.717) is 12.5 Å². The van der Waals surface area contributed by atoms with Gasteiger partial charge in [-0.05, 0) is 24.3 Å². The molecule has 0 atom stereocenters. The smallest absolute Gasteiger partial charge is 0.165 e. The summed E-state index contributed by atoms with van der Waals surface area (Å²) in [6, 6.07) is 6.04. The van der Waals surface area contributed by atoms with Crippen molar-refractivity contribution in [2.45, 2.75) is 41.2 Å². The van der Waals surface area contributed by atoms with Crippen LogP contribution in [0.2, 0.25) is 0 Å². The second-order valence-electron chi connectivity index (χ2n) is 6.13. The van der Waals surface area contributed by atoms with Crippen molar-refractivity contribution >= 4 is 0 Å². The summed E-state index contributed by atoms with van der Waals surface area (Å²) in [5, 5.41) is 3.53. The average Bonchev–Trinajstić information content (AvgIpc) is 2.39. The number of methoxy groups -OCH3 is 1. The molecule has 0 saturated carbocycles. The molecule has 0 aromatic heterocycles. The van der Waals surface area contributed by atoms with Crippen molar-refractivity contribution in [2.24, 2.45) is 11.3 Å². The van der Waals surface area contributed by atoms with Crippen LogP contribution in [0.3, 0.4) is 0 Å². The van der Waals surface area contributed by atoms with Crippen molar-refractivity contribution in [3.63, 3.8) is 0 Å². The van der Waals surface area contributed by atoms with Crippen LogP contribution in [0.1, 0.15) is 40.2 Å². The first-order chi connectivity index (χ1) is 9.42. The van der Waals surface area contributed by atoms with Crippen molar-refractivity contribution in [2.75, 3.05) is 20.3 Å². The van der Waals surface area contributed by atoms with Crippen molar-refractivity contribution in [1.82, 2.24) is 5.32 Å². The molecule has 0 fully saturated rings. The molecular weight excluding hydrogens is 250 g/mol. The highest BCUT2D eigenvalue weighted by Gasteiger charge is 2.21. The SMILES string of the molecule is CCOc1cccc(CNCC(C)(C)C(C)C)c1OC. The molecule has 0 amide bonds. The summed E-state index contributed by atoms with van der Waals surface area (Å²) >= 11 is 0. The Labute approximate surface area is 123 Å². The monoisotopic (exact) mass is 279 g/mol. The zero-order valence-electron chi connectivity index (χ0n) is 13.7. The van der Waals surface area contributed by atoms with Crippen LogP contribution in [0.4, 0.5) is 0 Å². The first kappa shape index (κ1) is 16.8. The predicted octanol–water partition coefficient (Wildman–Crippen LogP) is 3.87. The van der Waals surface area contributed by atoms with Gasteiger partial charge in [-0.3, -0.25) is 0 Å². The highest BCUT2D eigenvalue weighted by Crippen LogP contribution is 2.31. The van der Waals surface area contributed by atoms with Crippen LogP contribution >= 0.6 is 0 Å². The van der Waals surface area contributed by atoms with E-state index in [9.17, 15) is 0 Å². The third-order valence-electron chi connectivity index (χ3n) is 4.02. The summed E-state index contributed by atoms with van der Waals surface area (Å²) in [5.41, 5.74) is 1.42. The van der Waals surface area contributed by atoms with E-state index < -0.39 is 0 Å². The molecule has 1 aromatic rings. The molecule has 3 nitrogen and oxygen atoms in total. The molecule has 0 radical (unpaired) electrons. The minimum Gasteiger partial charge on any atom is -0.493 e. The Balaban J connectivity index is 2.71. The van der Waals surface area contributed by atoms with Crippen molar-refractivity contribution in [1.29, 1.82) is 0 Å². The van der Waals surface area contributed by atoms with Crippen LogP contribution in [-0.2, 0) is 6.54 Å². The number of rotatable bonds is 8. The molecule has 1 N–H and O–H groups in total. The number of hydrogen-bond donors (Lipinski definition) is 1. The molecule has 3 heteroatoms. The van der Waals surface area contributed by atoms with Gasteiger partial charge in [-0.15, -0.1) is 0 Å². The zero-order valence-corrected chi connectivity index (χ0v) is 13.7. The number of para-hydroxylation sites is 1. The average molecular weight is 279 g/mol. The molecule has 0 spiro atoms. The number of benzene rings is 1. The molecule has 0 heterocycles. The second kappa shape index (κ2) is 7.53. The summed E-state index contributed by atoms with van der Waals surface area (Å²) in [7, 11) is 1.69. The predicted molar refractivity (Wildman–Crippen MR) is 84.5 cm³/mol. The molecule has 0 aliphatic heterocycles. The van der Waals surface area contributed by atoms with Gasteiger partial charge in [0.2, 0.25) is 0 Å². The summed E-state index contributed by atoms with van der Waals surface area (Å²) in [4.78, 5) is 0. The largest absolute Gasteiger partial charge is 0.493 e. The molecule has 0 unspecified atom stereocenters. The number of hydrogen-bond acceptors (Lipinski definition) is 3. The molecule has 0 saturated heterocycles. The van der Waals surface area contributed by atoms with Gasteiger partial charge in [0.15, 0.2) is 11.5 Å². The lowest BCUT2D eigenvalue weighted by Gasteiger charge is -2.29. The van der Waals surface area contributed by atoms with Crippen molar-refractivity contribution < 1.29 is 9.47 Å². The van der Waals surface area contributed by atoms with Crippen LogP contribution in [-0.4, -0.2) is 20.3 Å². The molecule has 20 heavy (non-hydrogen) atoms. The first-order valence-electron chi connectivity index (χ1n) is 7.41. The van der Waals surface area contributed by atoms with E-state index >= 15 is 0 Å². The number of ether oxygens (including phenoxy) is 2. The lowest BCUT2D eigenvalue weighted by atomic mass is 9.81. The third kappa shape index (κ3) is 4.41. The minimum atomic E-state index is 0.283. The van der Waals surface area contributed by atoms with Gasteiger partial charge in [0.05, 0.1) is 13.7 Å². The fourth-order valence-electron chi connectivity index (χ4n) is 1.92. The fourth-order valence-corrected chi connectivity index (χ4v) is 1.92. The molecular formula is C17H29NO2. The second-order valence-corrected chi connectivity index (χ2v) is 6.13. The third-order valence-corrected chi connectivity index (χ3v) is 4.02. The zero-order chi connectivity index (χ0) is 15.2. The lowest BCUT2D eigenvalue weighted by Crippen LogP contribution is -2.33. The Bertz CT molecular complexity index is 413. The highest BCUT2D eigenvalue weighted by atomic mass is 16.5. The normalized spacial score (nSPS) is 11.8. The van der Waals surface area contributed by atoms with Crippen LogP contribution in [0.15, 0.2) is 18.2 Å². The van der Waals surface area contributed by atoms with Crippen molar-refractivity contribution in [3.8, 4) is 11.5 Å². The summed E-state index contributed by atoms with van der Waals surface area (Å²) in [6.07, 6.45) is 0. The quantitative estimate of drug-likeness (QED) is 0.783. The Morgan fingerprint density at radius 1 is 1.25 bits per heavy atom. The molecule has 0 aliphatic carbocycles. The highest BCUT2D eigenvalue weighted by molar-refractivity contribution is 5.46. The maximum Gasteiger partial charge on any atom is 0.165 e. The van der Waals surface area contributed by atoms with Crippen LogP contribution < -0.4 is 14.8 Å². The van der Waals surface area contributed by atoms with Gasteiger partial charge in [0, 0.05) is 18.7 Å². The summed E-state index contributed by atoms with van der Waals surface area (Å²) in [5.74, 6) is 2.30. The van der Waals surface area contributed by atoms with E-state index in [2.05, 4.69) is 39.1 Å². The topological polar surface area (TPSA) is 30.5 Å². The van der Waals surface area contributed by atoms with Gasteiger partial charge in [0.25, 0.3) is 0 Å². The minimum absolute atomic E-state index is 0.283. The standard InChI is InChI=1S/C17H29NO2/c1-7-20-15-10-8-9-14(16(15)19-6)11-18-12-17(4,5)13(2)3/h8-10,13,18H,7,11-12H2,1-6H3. The van der Waals surface area contributed by atoms with Gasteiger partial charge in [-0.2, -0.15) is 0 Å². The van der Waals surface area contributed by atoms with E-state index in [0.717, 1.165) is 30.2 Å². The molecule has 0 aliphatic rings. The fraction of sp³-hybridized carbons (Fsp3) is 0.647. The van der Waals surface area contributed by atoms with Gasteiger partial charge in [-0.1, -0.05) is 39.8 Å². The molecule has 114 valence electrons. The Hall–Kier alpha value is -1.22. The first-order valence-corrected chi connectivity index (χ1v) is 7.41. The molecule has 1 aromatic carbocycles. The molecule has 1 rings (SSSR count). The van der Waals surface area contributed by atoms with Crippen LogP contribution in [0, 0.1) is 11.3 Å². The summed E-state index contributed by atoms with van der Waals surface area (Å²) in [6.45, 7) is 13.5.